The minimum atomic E-state index is -0.609. The Balaban J connectivity index is 1.37. The predicted octanol–water partition coefficient (Wildman–Crippen LogP) is 1.76. The molecule has 2 saturated heterocycles. The van der Waals surface area contributed by atoms with Crippen molar-refractivity contribution in [3.63, 3.8) is 0 Å². The van der Waals surface area contributed by atoms with Gasteiger partial charge in [0.1, 0.15) is 16.9 Å². The highest BCUT2D eigenvalue weighted by atomic mass is 35.5. The lowest BCUT2D eigenvalue weighted by molar-refractivity contribution is -0.140. The Morgan fingerprint density at radius 3 is 2.72 bits per heavy atom. The smallest absolute Gasteiger partial charge is 0.242 e. The van der Waals surface area contributed by atoms with Crippen LogP contribution in [0.3, 0.4) is 0 Å². The number of amides is 2. The van der Waals surface area contributed by atoms with E-state index >= 15 is 0 Å². The SMILES string of the molecule is CN[C@H](CCC1CCNCC1)C(=O)N1C[C@H](OCc2ccc(Cl)cc2)C[C@H]1C(=O)NCC1CN=C(C(=N)N)S1. The first-order chi connectivity index (χ1) is 18.8. The summed E-state index contributed by atoms with van der Waals surface area (Å²) in [4.78, 5) is 33.1. The first-order valence-corrected chi connectivity index (χ1v) is 15.0. The Morgan fingerprint density at radius 2 is 2.05 bits per heavy atom. The van der Waals surface area contributed by atoms with Gasteiger partial charge < -0.3 is 31.3 Å². The van der Waals surface area contributed by atoms with Gasteiger partial charge in [-0.25, -0.2) is 0 Å². The average Bonchev–Trinajstić information content (AvgIpc) is 3.60. The highest BCUT2D eigenvalue weighted by Crippen LogP contribution is 2.26. The number of hydrogen-bond donors (Lipinski definition) is 5. The zero-order valence-electron chi connectivity index (χ0n) is 22.5. The molecule has 12 heteroatoms. The number of piperidine rings is 1. The van der Waals surface area contributed by atoms with Crippen molar-refractivity contribution in [2.24, 2.45) is 16.6 Å². The van der Waals surface area contributed by atoms with Gasteiger partial charge in [-0.2, -0.15) is 0 Å². The molecule has 0 aromatic heterocycles. The molecule has 0 bridgehead atoms. The van der Waals surface area contributed by atoms with Crippen LogP contribution in [0.15, 0.2) is 29.3 Å². The van der Waals surface area contributed by atoms with E-state index in [0.717, 1.165) is 44.3 Å². The fourth-order valence-electron chi connectivity index (χ4n) is 5.37. The first kappa shape index (κ1) is 29.8. The standard InChI is InChI=1S/C27H40ClN7O3S/c1-31-22(7-4-17-8-10-32-11-9-17)27(37)35-15-20(38-16-18-2-5-19(28)6-3-18)12-23(35)25(36)33-13-21-14-34-26(39-21)24(29)30/h2-3,5-6,17,20-23,31-32H,4,7-16H2,1H3,(H3,29,30)(H,33,36)/t20-,21?,22-,23+/m1/s1. The van der Waals surface area contributed by atoms with Gasteiger partial charge in [-0.05, 0) is 69.4 Å². The third-order valence-electron chi connectivity index (χ3n) is 7.67. The number of benzene rings is 1. The molecule has 0 aliphatic carbocycles. The van der Waals surface area contributed by atoms with Crippen molar-refractivity contribution in [2.75, 3.05) is 39.8 Å². The minimum absolute atomic E-state index is 0.0189. The lowest BCUT2D eigenvalue weighted by Gasteiger charge is -2.29. The maximum Gasteiger partial charge on any atom is 0.242 e. The molecule has 0 spiro atoms. The summed E-state index contributed by atoms with van der Waals surface area (Å²) in [5.74, 6) is 0.325. The average molecular weight is 578 g/mol. The van der Waals surface area contributed by atoms with Crippen LogP contribution in [0.2, 0.25) is 5.02 Å². The summed E-state index contributed by atoms with van der Waals surface area (Å²) in [6.07, 6.45) is 4.17. The quantitative estimate of drug-likeness (QED) is 0.188. The molecule has 6 N–H and O–H groups in total. The Hall–Kier alpha value is -2.18. The van der Waals surface area contributed by atoms with Gasteiger partial charge in [-0.15, -0.1) is 0 Å². The topological polar surface area (TPSA) is 145 Å². The van der Waals surface area contributed by atoms with Crippen LogP contribution in [-0.2, 0) is 20.9 Å². The van der Waals surface area contributed by atoms with Gasteiger partial charge in [0.05, 0.1) is 25.3 Å². The second kappa shape index (κ2) is 14.5. The maximum atomic E-state index is 13.7. The number of ether oxygens (including phenoxy) is 1. The Morgan fingerprint density at radius 1 is 1.31 bits per heavy atom. The van der Waals surface area contributed by atoms with Gasteiger partial charge in [-0.1, -0.05) is 35.5 Å². The van der Waals surface area contributed by atoms with Gasteiger partial charge >= 0.3 is 0 Å². The fourth-order valence-corrected chi connectivity index (χ4v) is 6.41. The molecule has 1 aromatic carbocycles. The number of thioether (sulfide) groups is 1. The second-order valence-electron chi connectivity index (χ2n) is 10.5. The van der Waals surface area contributed by atoms with Crippen LogP contribution in [-0.4, -0.2) is 90.8 Å². The van der Waals surface area contributed by atoms with E-state index < -0.39 is 6.04 Å². The van der Waals surface area contributed by atoms with Crippen LogP contribution >= 0.6 is 23.4 Å². The zero-order valence-corrected chi connectivity index (χ0v) is 24.0. The number of nitrogens with two attached hydrogens (primary N) is 1. The van der Waals surface area contributed by atoms with Gasteiger partial charge in [0.2, 0.25) is 11.8 Å². The zero-order chi connectivity index (χ0) is 27.8. The highest BCUT2D eigenvalue weighted by Gasteiger charge is 2.42. The number of likely N-dealkylation sites (N-methyl/N-ethyl adjacent to an activating group) is 1. The van der Waals surface area contributed by atoms with E-state index in [2.05, 4.69) is 20.9 Å². The molecule has 3 aliphatic rings. The molecule has 10 nitrogen and oxygen atoms in total. The van der Waals surface area contributed by atoms with E-state index in [0.29, 0.717) is 48.6 Å². The number of carbonyl (C=O) groups excluding carboxylic acids is 2. The van der Waals surface area contributed by atoms with E-state index in [1.165, 1.54) is 11.8 Å². The Kier molecular flexibility index (Phi) is 11.0. The maximum absolute atomic E-state index is 13.7. The monoisotopic (exact) mass is 577 g/mol. The number of likely N-dealkylation sites (tertiary alicyclic amines) is 1. The Bertz CT molecular complexity index is 1030. The van der Waals surface area contributed by atoms with Gasteiger partial charge in [0.15, 0.2) is 0 Å². The van der Waals surface area contributed by atoms with Crippen LogP contribution in [0, 0.1) is 11.3 Å². The van der Waals surface area contributed by atoms with Crippen molar-refractivity contribution in [1.82, 2.24) is 20.9 Å². The summed E-state index contributed by atoms with van der Waals surface area (Å²) in [6.45, 7) is 3.70. The van der Waals surface area contributed by atoms with Crippen LogP contribution in [0.1, 0.15) is 37.7 Å². The lowest BCUT2D eigenvalue weighted by atomic mass is 9.91. The highest BCUT2D eigenvalue weighted by molar-refractivity contribution is 8.16. The van der Waals surface area contributed by atoms with Crippen molar-refractivity contribution < 1.29 is 14.3 Å². The molecule has 3 aliphatic heterocycles. The largest absolute Gasteiger partial charge is 0.382 e. The summed E-state index contributed by atoms with van der Waals surface area (Å²) in [7, 11) is 1.81. The molecule has 4 rings (SSSR count). The lowest BCUT2D eigenvalue weighted by Crippen LogP contribution is -2.52. The summed E-state index contributed by atoms with van der Waals surface area (Å²) >= 11 is 7.40. The predicted molar refractivity (Wildman–Crippen MR) is 156 cm³/mol. The van der Waals surface area contributed by atoms with Crippen molar-refractivity contribution in [1.29, 1.82) is 5.41 Å². The summed E-state index contributed by atoms with van der Waals surface area (Å²) in [6, 6.07) is 6.52. The molecule has 1 aromatic rings. The number of carbonyl (C=O) groups is 2. The van der Waals surface area contributed by atoms with Crippen LogP contribution in [0.25, 0.3) is 0 Å². The van der Waals surface area contributed by atoms with E-state index in [-0.39, 0.29) is 35.0 Å². The van der Waals surface area contributed by atoms with Crippen LogP contribution in [0.4, 0.5) is 0 Å². The summed E-state index contributed by atoms with van der Waals surface area (Å²) in [5, 5.41) is 18.4. The molecule has 214 valence electrons. The van der Waals surface area contributed by atoms with Gasteiger partial charge in [-0.3, -0.25) is 20.0 Å². The third-order valence-corrected chi connectivity index (χ3v) is 9.14. The molecule has 4 atom stereocenters. The Labute approximate surface area is 239 Å². The number of nitrogens with zero attached hydrogens (tertiary/aromatic N) is 2. The molecule has 0 radical (unpaired) electrons. The number of aliphatic imine (C=N–C) groups is 1. The van der Waals surface area contributed by atoms with E-state index in [4.69, 9.17) is 27.5 Å². The third kappa shape index (κ3) is 8.40. The van der Waals surface area contributed by atoms with E-state index in [9.17, 15) is 9.59 Å². The second-order valence-corrected chi connectivity index (χ2v) is 12.2. The normalized spacial score (nSPS) is 24.4. The molecule has 3 heterocycles. The van der Waals surface area contributed by atoms with Crippen LogP contribution in [0.5, 0.6) is 0 Å². The van der Waals surface area contributed by atoms with Gasteiger partial charge in [0, 0.05) is 29.8 Å². The summed E-state index contributed by atoms with van der Waals surface area (Å²) < 4.78 is 6.17. The molecule has 1 unspecified atom stereocenters. The fraction of sp³-hybridized carbons (Fsp3) is 0.630. The van der Waals surface area contributed by atoms with Crippen molar-refractivity contribution in [3.8, 4) is 0 Å². The summed E-state index contributed by atoms with van der Waals surface area (Å²) in [5.41, 5.74) is 6.53. The molecule has 39 heavy (non-hydrogen) atoms. The molecular formula is C27H40ClN7O3S. The van der Waals surface area contributed by atoms with Crippen molar-refractivity contribution >= 4 is 46.1 Å². The molecular weight excluding hydrogens is 538 g/mol. The number of amidine groups is 1. The minimum Gasteiger partial charge on any atom is -0.382 e. The van der Waals surface area contributed by atoms with Gasteiger partial charge in [0.25, 0.3) is 0 Å². The number of rotatable bonds is 12. The van der Waals surface area contributed by atoms with Crippen LogP contribution < -0.4 is 21.7 Å². The number of hydrogen-bond acceptors (Lipinski definition) is 8. The van der Waals surface area contributed by atoms with Crippen molar-refractivity contribution in [3.05, 3.63) is 34.9 Å². The molecule has 2 amide bonds. The number of nitrogens with one attached hydrogen (secondary N) is 4. The molecule has 0 saturated carbocycles. The first-order valence-electron chi connectivity index (χ1n) is 13.7. The van der Waals surface area contributed by atoms with E-state index in [1.807, 2.05) is 31.3 Å². The van der Waals surface area contributed by atoms with E-state index in [1.54, 1.807) is 4.90 Å². The molecule has 2 fully saturated rings. The van der Waals surface area contributed by atoms with Crippen molar-refractivity contribution in [2.45, 2.75) is 62.1 Å². The number of halogens is 1.